The third-order valence-corrected chi connectivity index (χ3v) is 3.46. The topological polar surface area (TPSA) is 75.6 Å². The van der Waals surface area contributed by atoms with Crippen LogP contribution in [0.25, 0.3) is 0 Å². The zero-order chi connectivity index (χ0) is 15.5. The van der Waals surface area contributed by atoms with E-state index < -0.39 is 23.9 Å². The first-order valence-corrected chi connectivity index (χ1v) is 6.50. The Balaban J connectivity index is 1.89. The molecule has 1 amide bonds. The van der Waals surface area contributed by atoms with Crippen molar-refractivity contribution < 1.29 is 28.2 Å². The minimum absolute atomic E-state index is 0.0566. The van der Waals surface area contributed by atoms with E-state index >= 15 is 0 Å². The van der Waals surface area contributed by atoms with E-state index in [1.807, 2.05) is 0 Å². The third kappa shape index (κ3) is 3.48. The van der Waals surface area contributed by atoms with Crippen LogP contribution in [-0.2, 0) is 16.0 Å². The fourth-order valence-electron chi connectivity index (χ4n) is 2.06. The smallest absolute Gasteiger partial charge is 0.387 e. The van der Waals surface area contributed by atoms with E-state index in [0.29, 0.717) is 18.4 Å². The molecule has 5 nitrogen and oxygen atoms in total. The van der Waals surface area contributed by atoms with E-state index in [2.05, 4.69) is 10.1 Å². The molecule has 0 aliphatic heterocycles. The van der Waals surface area contributed by atoms with Crippen LogP contribution in [0.1, 0.15) is 18.4 Å². The molecular weight excluding hydrogens is 284 g/mol. The number of para-hydroxylation sites is 1. The second-order valence-electron chi connectivity index (χ2n) is 4.88. The molecule has 114 valence electrons. The molecule has 1 aromatic carbocycles. The highest BCUT2D eigenvalue weighted by molar-refractivity contribution is 6.04. The summed E-state index contributed by atoms with van der Waals surface area (Å²) in [6, 6.07) is 6.29. The molecular formula is C14H15F2NO4. The van der Waals surface area contributed by atoms with Gasteiger partial charge in [-0.25, -0.2) is 0 Å². The highest BCUT2D eigenvalue weighted by atomic mass is 19.3. The number of carbonyl (C=O) groups excluding carboxylic acids is 1. The first-order valence-electron chi connectivity index (χ1n) is 6.50. The van der Waals surface area contributed by atoms with E-state index in [-0.39, 0.29) is 18.7 Å². The largest absolute Gasteiger partial charge is 0.480 e. The molecule has 1 fully saturated rings. The summed E-state index contributed by atoms with van der Waals surface area (Å²) in [6.45, 7) is -2.75. The van der Waals surface area contributed by atoms with Gasteiger partial charge in [-0.15, -0.1) is 0 Å². The lowest BCUT2D eigenvalue weighted by Gasteiger charge is -2.13. The molecule has 0 radical (unpaired) electrons. The van der Waals surface area contributed by atoms with Gasteiger partial charge in [0.15, 0.2) is 0 Å². The first kappa shape index (κ1) is 15.2. The second-order valence-corrected chi connectivity index (χ2v) is 4.88. The number of amides is 1. The van der Waals surface area contributed by atoms with Crippen molar-refractivity contribution >= 4 is 11.9 Å². The van der Waals surface area contributed by atoms with Crippen LogP contribution in [-0.4, -0.2) is 30.1 Å². The second kappa shape index (κ2) is 6.07. The molecule has 7 heteroatoms. The van der Waals surface area contributed by atoms with Gasteiger partial charge in [0.2, 0.25) is 5.91 Å². The van der Waals surface area contributed by atoms with Gasteiger partial charge in [0.1, 0.15) is 11.2 Å². The van der Waals surface area contributed by atoms with Gasteiger partial charge in [0.05, 0.1) is 0 Å². The molecule has 1 aliphatic carbocycles. The van der Waals surface area contributed by atoms with Crippen molar-refractivity contribution in [2.24, 2.45) is 5.41 Å². The monoisotopic (exact) mass is 299 g/mol. The van der Waals surface area contributed by atoms with Crippen LogP contribution in [0, 0.1) is 5.41 Å². The summed E-state index contributed by atoms with van der Waals surface area (Å²) in [6.07, 6.45) is 0.947. The zero-order valence-corrected chi connectivity index (χ0v) is 11.1. The molecule has 0 heterocycles. The Hall–Kier alpha value is -2.18. The molecule has 2 rings (SSSR count). The van der Waals surface area contributed by atoms with Crippen LogP contribution >= 0.6 is 0 Å². The Morgan fingerprint density at radius 2 is 2.00 bits per heavy atom. The van der Waals surface area contributed by atoms with Crippen LogP contribution in [0.3, 0.4) is 0 Å². The van der Waals surface area contributed by atoms with E-state index in [4.69, 9.17) is 5.11 Å². The molecule has 21 heavy (non-hydrogen) atoms. The first-order chi connectivity index (χ1) is 9.95. The number of carboxylic acids is 1. The average Bonchev–Trinajstić information content (AvgIpc) is 3.21. The Morgan fingerprint density at radius 3 is 2.57 bits per heavy atom. The zero-order valence-electron chi connectivity index (χ0n) is 11.1. The lowest BCUT2D eigenvalue weighted by molar-refractivity contribution is -0.149. The minimum Gasteiger partial charge on any atom is -0.480 e. The fraction of sp³-hybridized carbons (Fsp3) is 0.429. The molecule has 0 unspecified atom stereocenters. The standard InChI is InChI=1S/C14H15F2NO4/c15-13(16)21-10-4-2-1-3-9(10)5-8-17-11(18)14(6-7-14)12(19)20/h1-4,13H,5-8H2,(H,17,18)(H,19,20). The van der Waals surface area contributed by atoms with Crippen molar-refractivity contribution in [3.8, 4) is 5.75 Å². The van der Waals surface area contributed by atoms with Crippen LogP contribution in [0.15, 0.2) is 24.3 Å². The molecule has 0 spiro atoms. The number of hydrogen-bond acceptors (Lipinski definition) is 3. The third-order valence-electron chi connectivity index (χ3n) is 3.46. The van der Waals surface area contributed by atoms with Crippen molar-refractivity contribution in [3.05, 3.63) is 29.8 Å². The quantitative estimate of drug-likeness (QED) is 0.753. The maximum Gasteiger partial charge on any atom is 0.387 e. The SMILES string of the molecule is O=C(O)C1(C(=O)NCCc2ccccc2OC(F)F)CC1. The Labute approximate surface area is 119 Å². The maximum absolute atomic E-state index is 12.2. The summed E-state index contributed by atoms with van der Waals surface area (Å²) < 4.78 is 28.9. The maximum atomic E-state index is 12.2. The summed E-state index contributed by atoms with van der Waals surface area (Å²) in [5, 5.41) is 11.5. The van der Waals surface area contributed by atoms with E-state index in [1.54, 1.807) is 18.2 Å². The highest BCUT2D eigenvalue weighted by Crippen LogP contribution is 2.46. The number of halogens is 2. The van der Waals surface area contributed by atoms with E-state index in [0.717, 1.165) is 0 Å². The highest BCUT2D eigenvalue weighted by Gasteiger charge is 2.56. The average molecular weight is 299 g/mol. The van der Waals surface area contributed by atoms with Crippen LogP contribution in [0.4, 0.5) is 8.78 Å². The molecule has 0 bridgehead atoms. The van der Waals surface area contributed by atoms with Gasteiger partial charge in [-0.05, 0) is 30.9 Å². The summed E-state index contributed by atoms with van der Waals surface area (Å²) in [5.74, 6) is -1.59. The molecule has 1 saturated carbocycles. The van der Waals surface area contributed by atoms with Crippen molar-refractivity contribution in [1.29, 1.82) is 0 Å². The fourth-order valence-corrected chi connectivity index (χ4v) is 2.06. The lowest BCUT2D eigenvalue weighted by Crippen LogP contribution is -2.38. The number of rotatable bonds is 7. The number of carboxylic acid groups (broad SMARTS) is 1. The number of carbonyl (C=O) groups is 2. The van der Waals surface area contributed by atoms with Gasteiger partial charge in [-0.3, -0.25) is 9.59 Å². The number of alkyl halides is 2. The number of ether oxygens (including phenoxy) is 1. The van der Waals surface area contributed by atoms with Gasteiger partial charge >= 0.3 is 12.6 Å². The number of aliphatic carboxylic acids is 1. The minimum atomic E-state index is -2.91. The molecule has 0 aromatic heterocycles. The number of hydrogen-bond donors (Lipinski definition) is 2. The lowest BCUT2D eigenvalue weighted by atomic mass is 10.1. The van der Waals surface area contributed by atoms with Crippen LogP contribution in [0.5, 0.6) is 5.75 Å². The Morgan fingerprint density at radius 1 is 1.33 bits per heavy atom. The molecule has 1 aliphatic rings. The van der Waals surface area contributed by atoms with Crippen LogP contribution < -0.4 is 10.1 Å². The predicted octanol–water partition coefficient (Wildman–Crippen LogP) is 1.81. The van der Waals surface area contributed by atoms with Crippen molar-refractivity contribution in [2.75, 3.05) is 6.54 Å². The van der Waals surface area contributed by atoms with Gasteiger partial charge in [-0.1, -0.05) is 18.2 Å². The molecule has 0 saturated heterocycles. The summed E-state index contributed by atoms with van der Waals surface area (Å²) in [4.78, 5) is 22.7. The van der Waals surface area contributed by atoms with E-state index in [1.165, 1.54) is 6.07 Å². The molecule has 0 atom stereocenters. The number of benzene rings is 1. The summed E-state index contributed by atoms with van der Waals surface area (Å²) in [7, 11) is 0. The number of nitrogens with one attached hydrogen (secondary N) is 1. The van der Waals surface area contributed by atoms with Crippen LogP contribution in [0.2, 0.25) is 0 Å². The Bertz CT molecular complexity index is 544. The summed E-state index contributed by atoms with van der Waals surface area (Å²) in [5.41, 5.74) is -0.766. The van der Waals surface area contributed by atoms with Gasteiger partial charge in [0.25, 0.3) is 0 Å². The predicted molar refractivity (Wildman–Crippen MR) is 69.1 cm³/mol. The van der Waals surface area contributed by atoms with Gasteiger partial charge in [0, 0.05) is 6.54 Å². The van der Waals surface area contributed by atoms with E-state index in [9.17, 15) is 18.4 Å². The van der Waals surface area contributed by atoms with Gasteiger partial charge < -0.3 is 15.2 Å². The molecule has 1 aromatic rings. The van der Waals surface area contributed by atoms with Crippen molar-refractivity contribution in [2.45, 2.75) is 25.9 Å². The summed E-state index contributed by atoms with van der Waals surface area (Å²) >= 11 is 0. The van der Waals surface area contributed by atoms with Crippen molar-refractivity contribution in [1.82, 2.24) is 5.32 Å². The van der Waals surface area contributed by atoms with Crippen molar-refractivity contribution in [3.63, 3.8) is 0 Å². The van der Waals surface area contributed by atoms with Gasteiger partial charge in [-0.2, -0.15) is 8.78 Å². The molecule has 2 N–H and O–H groups in total. The normalized spacial score (nSPS) is 15.6. The Kier molecular flexibility index (Phi) is 4.40.